The van der Waals surface area contributed by atoms with E-state index in [1.54, 1.807) is 0 Å². The molecule has 0 spiro atoms. The van der Waals surface area contributed by atoms with Crippen molar-refractivity contribution in [3.63, 3.8) is 0 Å². The normalized spacial score (nSPS) is 25.1. The van der Waals surface area contributed by atoms with Crippen LogP contribution in [0.15, 0.2) is 30.3 Å². The molecule has 2 aromatic rings. The average molecular weight is 379 g/mol. The predicted molar refractivity (Wildman–Crippen MR) is 116 cm³/mol. The molecule has 0 N–H and O–H groups in total. The van der Waals surface area contributed by atoms with Crippen molar-refractivity contribution >= 4 is 16.8 Å². The van der Waals surface area contributed by atoms with Gasteiger partial charge in [-0.25, -0.2) is 4.98 Å². The molecule has 2 bridgehead atoms. The zero-order valence-electron chi connectivity index (χ0n) is 17.5. The quantitative estimate of drug-likeness (QED) is 0.636. The Hall–Kier alpha value is -1.90. The molecule has 28 heavy (non-hydrogen) atoms. The van der Waals surface area contributed by atoms with Crippen molar-refractivity contribution in [2.75, 3.05) is 13.1 Å². The van der Waals surface area contributed by atoms with Gasteiger partial charge >= 0.3 is 0 Å². The third-order valence-electron chi connectivity index (χ3n) is 7.14. The van der Waals surface area contributed by atoms with Crippen LogP contribution in [0.3, 0.4) is 0 Å². The Morgan fingerprint density at radius 2 is 1.61 bits per heavy atom. The molecule has 0 saturated heterocycles. The number of amides is 1. The van der Waals surface area contributed by atoms with E-state index in [0.29, 0.717) is 11.6 Å². The van der Waals surface area contributed by atoms with Gasteiger partial charge in [-0.2, -0.15) is 0 Å². The number of carbonyl (C=O) groups is 1. The smallest absolute Gasteiger partial charge is 0.272 e. The third kappa shape index (κ3) is 3.94. The first kappa shape index (κ1) is 19.4. The van der Waals surface area contributed by atoms with Crippen molar-refractivity contribution in [2.45, 2.75) is 71.1 Å². The van der Waals surface area contributed by atoms with Gasteiger partial charge in [-0.15, -0.1) is 0 Å². The first-order valence-electron chi connectivity index (χ1n) is 11.4. The van der Waals surface area contributed by atoms with E-state index in [2.05, 4.69) is 24.3 Å². The van der Waals surface area contributed by atoms with E-state index >= 15 is 0 Å². The fourth-order valence-electron chi connectivity index (χ4n) is 5.63. The molecule has 1 heterocycles. The van der Waals surface area contributed by atoms with Crippen molar-refractivity contribution < 1.29 is 4.79 Å². The highest BCUT2D eigenvalue weighted by molar-refractivity contribution is 5.96. The van der Waals surface area contributed by atoms with Gasteiger partial charge in [-0.3, -0.25) is 4.79 Å². The number of carbonyl (C=O) groups excluding carboxylic acids is 1. The second-order valence-corrected chi connectivity index (χ2v) is 8.85. The first-order chi connectivity index (χ1) is 13.7. The standard InChI is InChI=1S/C25H34N2O/c1-3-27(4-2)25(28)24-17-22(21-13-5-6-14-23(21)26-24)20-15-18-9-7-10-19(16-20)12-8-11-18/h5-6,13-14,17-20H,3-4,7-12,15-16H2,1-2H3. The number of rotatable bonds is 4. The summed E-state index contributed by atoms with van der Waals surface area (Å²) >= 11 is 0. The molecule has 0 aliphatic heterocycles. The summed E-state index contributed by atoms with van der Waals surface area (Å²) in [5.41, 5.74) is 2.98. The second-order valence-electron chi connectivity index (χ2n) is 8.85. The van der Waals surface area contributed by atoms with Crippen LogP contribution in [-0.2, 0) is 0 Å². The molecule has 3 aliphatic carbocycles. The minimum absolute atomic E-state index is 0.0723. The van der Waals surface area contributed by atoms with Gasteiger partial charge in [0.2, 0.25) is 0 Å². The molecule has 0 atom stereocenters. The Balaban J connectivity index is 1.77. The average Bonchev–Trinajstić information content (AvgIpc) is 2.67. The highest BCUT2D eigenvalue weighted by atomic mass is 16.2. The lowest BCUT2D eigenvalue weighted by Gasteiger charge is -2.35. The van der Waals surface area contributed by atoms with Crippen molar-refractivity contribution in [1.82, 2.24) is 9.88 Å². The van der Waals surface area contributed by atoms with Gasteiger partial charge in [0.1, 0.15) is 5.69 Å². The molecule has 0 radical (unpaired) electrons. The molecule has 0 unspecified atom stereocenters. The summed E-state index contributed by atoms with van der Waals surface area (Å²) in [7, 11) is 0. The molecule has 3 nitrogen and oxygen atoms in total. The van der Waals surface area contributed by atoms with E-state index in [-0.39, 0.29) is 5.91 Å². The highest BCUT2D eigenvalue weighted by Crippen LogP contribution is 2.44. The summed E-state index contributed by atoms with van der Waals surface area (Å²) in [5, 5.41) is 1.25. The lowest BCUT2D eigenvalue weighted by atomic mass is 9.71. The third-order valence-corrected chi connectivity index (χ3v) is 7.14. The Bertz CT molecular complexity index is 802. The highest BCUT2D eigenvalue weighted by Gasteiger charge is 2.29. The fraction of sp³-hybridized carbons (Fsp3) is 0.600. The Morgan fingerprint density at radius 1 is 1.00 bits per heavy atom. The number of nitrogens with zero attached hydrogens (tertiary/aromatic N) is 2. The summed E-state index contributed by atoms with van der Waals surface area (Å²) < 4.78 is 0. The number of hydrogen-bond donors (Lipinski definition) is 0. The summed E-state index contributed by atoms with van der Waals surface area (Å²) in [6.45, 7) is 5.54. The minimum Gasteiger partial charge on any atom is -0.338 e. The summed E-state index contributed by atoms with van der Waals surface area (Å²) in [6, 6.07) is 10.6. The van der Waals surface area contributed by atoms with Crippen molar-refractivity contribution in [2.24, 2.45) is 11.8 Å². The van der Waals surface area contributed by atoms with Crippen LogP contribution in [0.5, 0.6) is 0 Å². The van der Waals surface area contributed by atoms with Crippen LogP contribution in [0, 0.1) is 11.8 Å². The lowest BCUT2D eigenvalue weighted by molar-refractivity contribution is 0.0767. The van der Waals surface area contributed by atoms with Gasteiger partial charge in [-0.1, -0.05) is 56.7 Å². The van der Waals surface area contributed by atoms with Gasteiger partial charge in [0.25, 0.3) is 5.91 Å². The molecule has 5 rings (SSSR count). The summed E-state index contributed by atoms with van der Waals surface area (Å²) in [6.07, 6.45) is 10.9. The molecule has 150 valence electrons. The monoisotopic (exact) mass is 378 g/mol. The number of benzene rings is 1. The number of hydrogen-bond acceptors (Lipinski definition) is 2. The molecule has 1 aromatic heterocycles. The largest absolute Gasteiger partial charge is 0.338 e. The predicted octanol–water partition coefficient (Wildman–Crippen LogP) is 6.18. The Labute approximate surface area is 169 Å². The maximum Gasteiger partial charge on any atom is 0.272 e. The maximum absolute atomic E-state index is 13.1. The number of para-hydroxylation sites is 1. The molecular formula is C25H34N2O. The van der Waals surface area contributed by atoms with Crippen LogP contribution in [0.4, 0.5) is 0 Å². The second kappa shape index (κ2) is 8.63. The van der Waals surface area contributed by atoms with E-state index in [1.807, 2.05) is 24.8 Å². The van der Waals surface area contributed by atoms with Gasteiger partial charge in [-0.05, 0) is 62.1 Å². The Morgan fingerprint density at radius 3 is 2.21 bits per heavy atom. The van der Waals surface area contributed by atoms with Crippen LogP contribution in [0.2, 0.25) is 0 Å². The van der Waals surface area contributed by atoms with Gasteiger partial charge < -0.3 is 4.90 Å². The van der Waals surface area contributed by atoms with Crippen LogP contribution < -0.4 is 0 Å². The molecule has 3 heteroatoms. The van der Waals surface area contributed by atoms with E-state index in [0.717, 1.165) is 30.4 Å². The summed E-state index contributed by atoms with van der Waals surface area (Å²) in [4.78, 5) is 19.7. The zero-order chi connectivity index (χ0) is 19.5. The fourth-order valence-corrected chi connectivity index (χ4v) is 5.63. The SMILES string of the molecule is CCN(CC)C(=O)c1cc(C2CC3CCCC(CCC3)C2)c2ccccc2n1. The topological polar surface area (TPSA) is 33.2 Å². The minimum atomic E-state index is 0.0723. The van der Waals surface area contributed by atoms with E-state index in [1.165, 1.54) is 62.3 Å². The van der Waals surface area contributed by atoms with Crippen LogP contribution in [-0.4, -0.2) is 28.9 Å². The molecule has 3 aliphatic rings. The van der Waals surface area contributed by atoms with Crippen molar-refractivity contribution in [3.8, 4) is 0 Å². The lowest BCUT2D eigenvalue weighted by Crippen LogP contribution is -2.31. The van der Waals surface area contributed by atoms with Crippen LogP contribution >= 0.6 is 0 Å². The van der Waals surface area contributed by atoms with Gasteiger partial charge in [0, 0.05) is 18.5 Å². The van der Waals surface area contributed by atoms with Crippen molar-refractivity contribution in [3.05, 3.63) is 41.6 Å². The molecular weight excluding hydrogens is 344 g/mol. The summed E-state index contributed by atoms with van der Waals surface area (Å²) in [5.74, 6) is 2.33. The maximum atomic E-state index is 13.1. The zero-order valence-corrected chi connectivity index (χ0v) is 17.5. The number of pyridine rings is 1. The molecule has 1 amide bonds. The number of aromatic nitrogens is 1. The molecule has 3 saturated carbocycles. The van der Waals surface area contributed by atoms with Gasteiger partial charge in [0.05, 0.1) is 5.52 Å². The van der Waals surface area contributed by atoms with Crippen LogP contribution in [0.25, 0.3) is 10.9 Å². The van der Waals surface area contributed by atoms with E-state index < -0.39 is 0 Å². The van der Waals surface area contributed by atoms with Gasteiger partial charge in [0.15, 0.2) is 0 Å². The first-order valence-corrected chi connectivity index (χ1v) is 11.4. The Kier molecular flexibility index (Phi) is 5.99. The van der Waals surface area contributed by atoms with Crippen molar-refractivity contribution in [1.29, 1.82) is 0 Å². The molecule has 3 fully saturated rings. The van der Waals surface area contributed by atoms with E-state index in [9.17, 15) is 4.79 Å². The molecule has 1 aromatic carbocycles. The number of fused-ring (bicyclic) bond motifs is 7. The van der Waals surface area contributed by atoms with E-state index in [4.69, 9.17) is 4.98 Å². The van der Waals surface area contributed by atoms with Crippen LogP contribution in [0.1, 0.15) is 87.2 Å².